The molecule has 0 aliphatic rings. The molecule has 0 rings (SSSR count). The van der Waals surface area contributed by atoms with Gasteiger partial charge in [-0.1, -0.05) is 6.40 Å². The maximum absolute atomic E-state index is 11.3. The van der Waals surface area contributed by atoms with Gasteiger partial charge in [0, 0.05) is 6.04 Å². The van der Waals surface area contributed by atoms with Gasteiger partial charge in [0.05, 0.1) is 0 Å². The van der Waals surface area contributed by atoms with Gasteiger partial charge < -0.3 is 15.7 Å². The molecule has 0 fully saturated rings. The van der Waals surface area contributed by atoms with Crippen molar-refractivity contribution in [2.75, 3.05) is 0 Å². The molecule has 0 aromatic heterocycles. The van der Waals surface area contributed by atoms with Gasteiger partial charge in [-0.15, -0.1) is 0 Å². The first-order valence-corrected chi connectivity index (χ1v) is 3.63. The number of amides is 1. The fourth-order valence-electron chi connectivity index (χ4n) is 0.551. The molecule has 5 heteroatoms. The minimum Gasteiger partial charge on any atom is -0.480 e. The standard InChI is InChI=1S/C8H12N2O3/c1-4-9-5(2)7(11)10-6(3)8(12)13/h1,5-6,9H,2-3H3,(H,10,11)(H,12,13)/t5-,6-/m0/s1/i1D/hD. The summed E-state index contributed by atoms with van der Waals surface area (Å²) in [5.41, 5.74) is 0. The smallest absolute Gasteiger partial charge is 0.325 e. The molecule has 2 atom stereocenters. The highest BCUT2D eigenvalue weighted by Crippen LogP contribution is 1.85. The third-order valence-corrected chi connectivity index (χ3v) is 1.37. The van der Waals surface area contributed by atoms with Crippen molar-refractivity contribution in [1.29, 1.82) is 0 Å². The molecule has 5 nitrogen and oxygen atoms in total. The summed E-state index contributed by atoms with van der Waals surface area (Å²) in [6.07, 6.45) is 1.72. The lowest BCUT2D eigenvalue weighted by Crippen LogP contribution is -2.46. The SMILES string of the molecule is [2H]C#CN([2H])[C@@H](C)C(=O)N[C@@H](C)C(=O)O. The maximum Gasteiger partial charge on any atom is 0.325 e. The number of terminal acetylenes is 1. The number of nitrogens with one attached hydrogen (secondary N) is 2. The van der Waals surface area contributed by atoms with Crippen LogP contribution in [0.15, 0.2) is 0 Å². The van der Waals surface area contributed by atoms with Crippen LogP contribution in [0.25, 0.3) is 0 Å². The molecule has 0 saturated carbocycles. The third-order valence-electron chi connectivity index (χ3n) is 1.37. The summed E-state index contributed by atoms with van der Waals surface area (Å²) in [6, 6.07) is 0.0944. The average Bonchev–Trinajstić information content (AvgIpc) is 2.16. The summed E-state index contributed by atoms with van der Waals surface area (Å²) in [7, 11) is 0. The molecule has 0 saturated heterocycles. The Morgan fingerprint density at radius 1 is 1.62 bits per heavy atom. The van der Waals surface area contributed by atoms with Gasteiger partial charge >= 0.3 is 5.97 Å². The number of rotatable bonds is 4. The van der Waals surface area contributed by atoms with Gasteiger partial charge in [0.15, 0.2) is 1.41 Å². The monoisotopic (exact) mass is 186 g/mol. The van der Waals surface area contributed by atoms with Crippen molar-refractivity contribution in [3.63, 3.8) is 0 Å². The molecular formula is C8H12N2O3. The Balaban J connectivity index is 4.31. The molecule has 0 aliphatic heterocycles. The van der Waals surface area contributed by atoms with E-state index in [4.69, 9.17) is 7.89 Å². The first-order chi connectivity index (χ1) is 6.90. The van der Waals surface area contributed by atoms with Gasteiger partial charge in [-0.3, -0.25) is 9.59 Å². The fraction of sp³-hybridized carbons (Fsp3) is 0.500. The number of hydrogen-bond acceptors (Lipinski definition) is 3. The van der Waals surface area contributed by atoms with Crippen molar-refractivity contribution < 1.29 is 17.5 Å². The van der Waals surface area contributed by atoms with E-state index in [1.165, 1.54) is 13.8 Å². The van der Waals surface area contributed by atoms with E-state index in [-0.39, 0.29) is 0 Å². The predicted molar refractivity (Wildman–Crippen MR) is 46.7 cm³/mol. The van der Waals surface area contributed by atoms with Crippen molar-refractivity contribution in [1.82, 2.24) is 10.6 Å². The van der Waals surface area contributed by atoms with Gasteiger partial charge in [-0.05, 0) is 13.8 Å². The average molecular weight is 186 g/mol. The summed E-state index contributed by atoms with van der Waals surface area (Å²) < 4.78 is 13.7. The zero-order chi connectivity index (χ0) is 12.0. The molecule has 0 aliphatic carbocycles. The van der Waals surface area contributed by atoms with Crippen LogP contribution in [-0.4, -0.2) is 29.1 Å². The molecule has 13 heavy (non-hydrogen) atoms. The highest BCUT2D eigenvalue weighted by molar-refractivity contribution is 5.86. The second kappa shape index (κ2) is 5.04. The van der Waals surface area contributed by atoms with E-state index in [1.54, 1.807) is 6.40 Å². The van der Waals surface area contributed by atoms with E-state index in [9.17, 15) is 9.59 Å². The Morgan fingerprint density at radius 3 is 2.69 bits per heavy atom. The second-order valence-electron chi connectivity index (χ2n) is 2.49. The van der Waals surface area contributed by atoms with E-state index in [0.29, 0.717) is 5.31 Å². The van der Waals surface area contributed by atoms with Gasteiger partial charge in [0.1, 0.15) is 13.5 Å². The lowest BCUT2D eigenvalue weighted by atomic mass is 10.2. The van der Waals surface area contributed by atoms with Gasteiger partial charge in [0.25, 0.3) is 0 Å². The summed E-state index contributed by atoms with van der Waals surface area (Å²) in [5.74, 6) is -1.78. The van der Waals surface area contributed by atoms with Gasteiger partial charge in [-0.2, -0.15) is 0 Å². The topological polar surface area (TPSA) is 78.4 Å². The van der Waals surface area contributed by atoms with Crippen LogP contribution in [0.4, 0.5) is 0 Å². The van der Waals surface area contributed by atoms with Crippen molar-refractivity contribution in [2.24, 2.45) is 0 Å². The van der Waals surface area contributed by atoms with E-state index in [1.807, 2.05) is 6.04 Å². The van der Waals surface area contributed by atoms with E-state index >= 15 is 0 Å². The van der Waals surface area contributed by atoms with Gasteiger partial charge in [-0.25, -0.2) is 0 Å². The molecule has 72 valence electrons. The molecule has 0 spiro atoms. The lowest BCUT2D eigenvalue weighted by molar-refractivity contribution is -0.141. The fourth-order valence-corrected chi connectivity index (χ4v) is 0.551. The molecular weight excluding hydrogens is 172 g/mol. The number of carboxylic acids is 1. The lowest BCUT2D eigenvalue weighted by Gasteiger charge is -2.13. The van der Waals surface area contributed by atoms with Crippen LogP contribution in [0.5, 0.6) is 0 Å². The van der Waals surface area contributed by atoms with E-state index < -0.39 is 24.0 Å². The molecule has 3 N–H and O–H groups in total. The summed E-state index contributed by atoms with van der Waals surface area (Å²) in [6.45, 7) is 2.71. The largest absolute Gasteiger partial charge is 0.480 e. The van der Waals surface area contributed by atoms with Gasteiger partial charge in [0.2, 0.25) is 5.91 Å². The molecule has 0 aromatic carbocycles. The molecule has 1 amide bonds. The predicted octanol–water partition coefficient (Wildman–Crippen LogP) is -0.855. The summed E-state index contributed by atoms with van der Waals surface area (Å²) >= 11 is 0. The Hall–Kier alpha value is -1.70. The number of carboxylic acid groups (broad SMARTS) is 1. The van der Waals surface area contributed by atoms with Crippen LogP contribution < -0.4 is 10.6 Å². The van der Waals surface area contributed by atoms with Crippen LogP contribution in [0.2, 0.25) is 1.41 Å². The zero-order valence-corrected chi connectivity index (χ0v) is 7.37. The summed E-state index contributed by atoms with van der Waals surface area (Å²) in [4.78, 5) is 21.7. The van der Waals surface area contributed by atoms with Crippen LogP contribution in [0, 0.1) is 12.4 Å². The van der Waals surface area contributed by atoms with Crippen molar-refractivity contribution in [3.05, 3.63) is 0 Å². The van der Waals surface area contributed by atoms with Crippen LogP contribution >= 0.6 is 0 Å². The Bertz CT molecular complexity index is 311. The molecule has 0 aromatic rings. The zero-order valence-electron chi connectivity index (χ0n) is 9.37. The van der Waals surface area contributed by atoms with Crippen LogP contribution in [0.3, 0.4) is 0 Å². The van der Waals surface area contributed by atoms with Crippen LogP contribution in [0.1, 0.15) is 15.2 Å². The number of carbonyl (C=O) groups is 2. The highest BCUT2D eigenvalue weighted by Gasteiger charge is 2.17. The quantitative estimate of drug-likeness (QED) is 0.394. The number of carbonyl (C=O) groups excluding carboxylic acids is 1. The minimum absolute atomic E-state index is 0.594. The molecule has 0 unspecified atom stereocenters. The Labute approximate surface area is 79.4 Å². The van der Waals surface area contributed by atoms with Crippen molar-refractivity contribution in [3.8, 4) is 12.4 Å². The number of aliphatic carboxylic acids is 1. The first kappa shape index (κ1) is 7.92. The Kier molecular flexibility index (Phi) is 3.07. The highest BCUT2D eigenvalue weighted by atomic mass is 16.4. The maximum atomic E-state index is 11.3. The number of hydrogen-bond donors (Lipinski definition) is 3. The van der Waals surface area contributed by atoms with Crippen LogP contribution in [-0.2, 0) is 9.59 Å². The van der Waals surface area contributed by atoms with E-state index in [0.717, 1.165) is 0 Å². The molecule has 0 radical (unpaired) electrons. The van der Waals surface area contributed by atoms with Crippen molar-refractivity contribution >= 4 is 11.9 Å². The molecule has 0 heterocycles. The summed E-state index contributed by atoms with van der Waals surface area (Å²) in [5, 5.41) is 11.3. The normalized spacial score (nSPS) is 15.2. The van der Waals surface area contributed by atoms with E-state index in [2.05, 4.69) is 5.32 Å². The minimum atomic E-state index is -1.15. The molecule has 0 bridgehead atoms. The Morgan fingerprint density at radius 2 is 2.23 bits per heavy atom. The van der Waals surface area contributed by atoms with Crippen molar-refractivity contribution in [2.45, 2.75) is 25.9 Å². The second-order valence-corrected chi connectivity index (χ2v) is 2.49. The third kappa shape index (κ3) is 4.01. The first-order valence-electron chi connectivity index (χ1n) is 4.58.